The fourth-order valence-corrected chi connectivity index (χ4v) is 3.72. The van der Waals surface area contributed by atoms with E-state index in [-0.39, 0.29) is 40.7 Å². The van der Waals surface area contributed by atoms with E-state index in [1.54, 1.807) is 18.2 Å². The van der Waals surface area contributed by atoms with Crippen molar-refractivity contribution in [2.75, 3.05) is 5.32 Å². The van der Waals surface area contributed by atoms with Gasteiger partial charge in [-0.15, -0.1) is 0 Å². The molecule has 11 heteroatoms. The summed E-state index contributed by atoms with van der Waals surface area (Å²) in [6.07, 6.45) is 0.242. The molecule has 0 radical (unpaired) electrons. The predicted molar refractivity (Wildman–Crippen MR) is 106 cm³/mol. The van der Waals surface area contributed by atoms with Gasteiger partial charge in [-0.3, -0.25) is 14.2 Å². The van der Waals surface area contributed by atoms with Crippen molar-refractivity contribution in [1.82, 2.24) is 19.6 Å². The zero-order chi connectivity index (χ0) is 21.4. The number of nitrogens with zero attached hydrogens (tertiary/aromatic N) is 4. The minimum absolute atomic E-state index is 0.0221. The average molecular weight is 458 g/mol. The minimum Gasteiger partial charge on any atom is -0.306 e. The van der Waals surface area contributed by atoms with Crippen LogP contribution in [-0.2, 0) is 17.9 Å². The quantitative estimate of drug-likeness (QED) is 0.541. The summed E-state index contributed by atoms with van der Waals surface area (Å²) >= 11 is 12.2. The Hall–Kier alpha value is -2.52. The van der Waals surface area contributed by atoms with E-state index in [0.717, 1.165) is 12.8 Å². The third kappa shape index (κ3) is 4.32. The molecule has 0 spiro atoms. The van der Waals surface area contributed by atoms with Crippen LogP contribution in [0.25, 0.3) is 0 Å². The summed E-state index contributed by atoms with van der Waals surface area (Å²) in [5.74, 6) is -0.824. The molecule has 1 aliphatic carbocycles. The van der Waals surface area contributed by atoms with Crippen LogP contribution in [0.1, 0.15) is 42.1 Å². The first kappa shape index (κ1) is 20.7. The number of aromatic nitrogens is 4. The number of hydrogen-bond acceptors (Lipinski definition) is 3. The Labute approximate surface area is 179 Å². The molecule has 6 nitrogen and oxygen atoms in total. The number of carbonyl (C=O) groups excluding carboxylic acids is 1. The maximum absolute atomic E-state index is 13.8. The second-order valence-electron chi connectivity index (χ2n) is 6.98. The third-order valence-corrected chi connectivity index (χ3v) is 5.35. The standard InChI is InChI=1S/C19H16Cl2F3N5O/c20-12-8-28(7-11-3-1-2-4-13(11)22)27-19(12)25-14(30)9-29-17(10-5-6-10)15(21)16(26-29)18(23)24/h1-4,8,10,18H,5-7,9H2,(H,25,27,30). The SMILES string of the molecule is O=C(Cn1nc(C(F)F)c(Cl)c1C1CC1)Nc1nn(Cc2ccccc2F)cc1Cl. The van der Waals surface area contributed by atoms with Gasteiger partial charge < -0.3 is 5.32 Å². The van der Waals surface area contributed by atoms with Gasteiger partial charge in [-0.2, -0.15) is 10.2 Å². The van der Waals surface area contributed by atoms with Crippen molar-refractivity contribution in [3.05, 3.63) is 63.3 Å². The number of alkyl halides is 2. The lowest BCUT2D eigenvalue weighted by Gasteiger charge is -2.07. The number of amides is 1. The zero-order valence-corrected chi connectivity index (χ0v) is 17.0. The fraction of sp³-hybridized carbons (Fsp3) is 0.316. The molecule has 1 aromatic carbocycles. The van der Waals surface area contributed by atoms with Gasteiger partial charge in [-0.05, 0) is 18.9 Å². The normalized spacial score (nSPS) is 13.8. The van der Waals surface area contributed by atoms with Crippen molar-refractivity contribution in [3.63, 3.8) is 0 Å². The van der Waals surface area contributed by atoms with Gasteiger partial charge in [-0.25, -0.2) is 13.2 Å². The van der Waals surface area contributed by atoms with Gasteiger partial charge in [0.2, 0.25) is 5.91 Å². The molecule has 0 saturated heterocycles. The molecule has 2 aromatic heterocycles. The summed E-state index contributed by atoms with van der Waals surface area (Å²) in [6.45, 7) is -0.185. The number of anilines is 1. The molecule has 1 N–H and O–H groups in total. The van der Waals surface area contributed by atoms with E-state index in [9.17, 15) is 18.0 Å². The minimum atomic E-state index is -2.83. The van der Waals surface area contributed by atoms with E-state index in [4.69, 9.17) is 23.2 Å². The molecule has 30 heavy (non-hydrogen) atoms. The van der Waals surface area contributed by atoms with Crippen LogP contribution < -0.4 is 5.32 Å². The third-order valence-electron chi connectivity index (χ3n) is 4.69. The van der Waals surface area contributed by atoms with Crippen LogP contribution in [0, 0.1) is 5.82 Å². The van der Waals surface area contributed by atoms with Gasteiger partial charge in [0.05, 0.1) is 17.3 Å². The molecule has 2 heterocycles. The van der Waals surface area contributed by atoms with Gasteiger partial charge in [0.1, 0.15) is 23.1 Å². The van der Waals surface area contributed by atoms with Gasteiger partial charge in [0, 0.05) is 17.7 Å². The molecule has 1 aliphatic rings. The highest BCUT2D eigenvalue weighted by molar-refractivity contribution is 6.33. The lowest BCUT2D eigenvalue weighted by molar-refractivity contribution is -0.117. The van der Waals surface area contributed by atoms with Gasteiger partial charge in [0.15, 0.2) is 5.82 Å². The topological polar surface area (TPSA) is 64.7 Å². The Bertz CT molecular complexity index is 1090. The van der Waals surface area contributed by atoms with Crippen molar-refractivity contribution in [3.8, 4) is 0 Å². The second-order valence-corrected chi connectivity index (χ2v) is 7.77. The van der Waals surface area contributed by atoms with E-state index >= 15 is 0 Å². The van der Waals surface area contributed by atoms with E-state index in [1.165, 1.54) is 21.6 Å². The highest BCUT2D eigenvalue weighted by Crippen LogP contribution is 2.45. The summed E-state index contributed by atoms with van der Waals surface area (Å²) in [6, 6.07) is 6.23. The highest BCUT2D eigenvalue weighted by atomic mass is 35.5. The molecule has 0 atom stereocenters. The molecule has 3 aromatic rings. The zero-order valence-electron chi connectivity index (χ0n) is 15.5. The van der Waals surface area contributed by atoms with Crippen LogP contribution in [0.2, 0.25) is 10.0 Å². The van der Waals surface area contributed by atoms with Gasteiger partial charge in [-0.1, -0.05) is 41.4 Å². The Morgan fingerprint density at radius 1 is 1.23 bits per heavy atom. The molecule has 4 rings (SSSR count). The van der Waals surface area contributed by atoms with E-state index < -0.39 is 18.0 Å². The maximum Gasteiger partial charge on any atom is 0.283 e. The largest absolute Gasteiger partial charge is 0.306 e. The maximum atomic E-state index is 13.8. The molecular weight excluding hydrogens is 442 g/mol. The Morgan fingerprint density at radius 3 is 2.63 bits per heavy atom. The summed E-state index contributed by atoms with van der Waals surface area (Å²) in [5, 5.41) is 10.6. The van der Waals surface area contributed by atoms with Crippen LogP contribution in [-0.4, -0.2) is 25.5 Å². The smallest absolute Gasteiger partial charge is 0.283 e. The van der Waals surface area contributed by atoms with Crippen LogP contribution in [0.4, 0.5) is 19.0 Å². The molecule has 0 aliphatic heterocycles. The predicted octanol–water partition coefficient (Wildman–Crippen LogP) is 5.03. The number of hydrogen-bond donors (Lipinski definition) is 1. The number of carbonyl (C=O) groups is 1. The first-order valence-corrected chi connectivity index (χ1v) is 9.89. The van der Waals surface area contributed by atoms with Crippen molar-refractivity contribution in [2.24, 2.45) is 0 Å². The lowest BCUT2D eigenvalue weighted by atomic mass is 10.2. The van der Waals surface area contributed by atoms with Crippen LogP contribution in [0.3, 0.4) is 0 Å². The molecular formula is C19H16Cl2F3N5O. The van der Waals surface area contributed by atoms with Crippen molar-refractivity contribution >= 4 is 34.9 Å². The summed E-state index contributed by atoms with van der Waals surface area (Å²) in [5.41, 5.74) is 0.325. The number of rotatable bonds is 7. The number of benzene rings is 1. The second kappa shape index (κ2) is 8.31. The van der Waals surface area contributed by atoms with Crippen LogP contribution in [0.15, 0.2) is 30.5 Å². The number of halogens is 5. The molecule has 158 valence electrons. The van der Waals surface area contributed by atoms with Crippen LogP contribution in [0.5, 0.6) is 0 Å². The first-order valence-electron chi connectivity index (χ1n) is 9.14. The monoisotopic (exact) mass is 457 g/mol. The average Bonchev–Trinajstić information content (AvgIpc) is 3.38. The highest BCUT2D eigenvalue weighted by Gasteiger charge is 2.34. The Morgan fingerprint density at radius 2 is 1.97 bits per heavy atom. The molecule has 1 fully saturated rings. The van der Waals surface area contributed by atoms with Gasteiger partial charge >= 0.3 is 0 Å². The molecule has 1 saturated carbocycles. The van der Waals surface area contributed by atoms with E-state index in [1.807, 2.05) is 0 Å². The fourth-order valence-electron chi connectivity index (χ4n) is 3.15. The first-order chi connectivity index (χ1) is 14.3. The van der Waals surface area contributed by atoms with Crippen molar-refractivity contribution in [1.29, 1.82) is 0 Å². The molecule has 0 bridgehead atoms. The van der Waals surface area contributed by atoms with Crippen molar-refractivity contribution in [2.45, 2.75) is 38.3 Å². The number of nitrogens with one attached hydrogen (secondary N) is 1. The Balaban J connectivity index is 1.48. The summed E-state index contributed by atoms with van der Waals surface area (Å²) in [7, 11) is 0. The summed E-state index contributed by atoms with van der Waals surface area (Å²) in [4.78, 5) is 12.5. The van der Waals surface area contributed by atoms with E-state index in [2.05, 4.69) is 15.5 Å². The lowest BCUT2D eigenvalue weighted by Crippen LogP contribution is -2.21. The Kier molecular flexibility index (Phi) is 5.75. The molecule has 0 unspecified atom stereocenters. The van der Waals surface area contributed by atoms with Crippen molar-refractivity contribution < 1.29 is 18.0 Å². The molecule has 1 amide bonds. The van der Waals surface area contributed by atoms with Gasteiger partial charge in [0.25, 0.3) is 6.43 Å². The van der Waals surface area contributed by atoms with Crippen LogP contribution >= 0.6 is 23.2 Å². The van der Waals surface area contributed by atoms with E-state index in [0.29, 0.717) is 11.3 Å². The summed E-state index contributed by atoms with van der Waals surface area (Å²) < 4.78 is 42.7.